The monoisotopic (exact) mass is 334 g/mol. The first kappa shape index (κ1) is 15.0. The number of aromatic nitrogens is 1. The molecular weight excluding hydrogens is 316 g/mol. The van der Waals surface area contributed by atoms with Crippen molar-refractivity contribution in [1.82, 2.24) is 10.3 Å². The molecule has 1 unspecified atom stereocenters. The number of nitrogens with one attached hydrogen (secondary N) is 1. The predicted molar refractivity (Wildman–Crippen MR) is 86.2 cm³/mol. The van der Waals surface area contributed by atoms with E-state index in [9.17, 15) is 4.79 Å². The standard InChI is InChI=1S/C16H19BrN2O/c1-11(2)14(7-9-17)19-16(20)13-8-10-18-15-6-4-3-5-12(13)15/h3-6,8,10-11,14H,7,9H2,1-2H3,(H,19,20). The third-order valence-electron chi connectivity index (χ3n) is 3.44. The van der Waals surface area contributed by atoms with Gasteiger partial charge in [-0.1, -0.05) is 48.0 Å². The van der Waals surface area contributed by atoms with Crippen LogP contribution in [0.2, 0.25) is 0 Å². The zero-order valence-electron chi connectivity index (χ0n) is 11.8. The number of fused-ring (bicyclic) bond motifs is 1. The highest BCUT2D eigenvalue weighted by Gasteiger charge is 2.18. The fraction of sp³-hybridized carbons (Fsp3) is 0.375. The molecule has 1 aromatic heterocycles. The zero-order valence-corrected chi connectivity index (χ0v) is 13.4. The quantitative estimate of drug-likeness (QED) is 0.845. The minimum absolute atomic E-state index is 0.0248. The third kappa shape index (κ3) is 3.37. The van der Waals surface area contributed by atoms with Crippen LogP contribution in [0.3, 0.4) is 0 Å². The maximum atomic E-state index is 12.5. The van der Waals surface area contributed by atoms with E-state index in [0.717, 1.165) is 22.7 Å². The first-order valence-corrected chi connectivity index (χ1v) is 7.96. The number of halogens is 1. The zero-order chi connectivity index (χ0) is 14.5. The van der Waals surface area contributed by atoms with E-state index in [4.69, 9.17) is 0 Å². The van der Waals surface area contributed by atoms with Crippen molar-refractivity contribution in [3.8, 4) is 0 Å². The molecular formula is C16H19BrN2O. The molecule has 0 spiro atoms. The molecule has 4 heteroatoms. The number of hydrogen-bond acceptors (Lipinski definition) is 2. The maximum absolute atomic E-state index is 12.5. The van der Waals surface area contributed by atoms with E-state index < -0.39 is 0 Å². The molecule has 1 N–H and O–H groups in total. The summed E-state index contributed by atoms with van der Waals surface area (Å²) in [5, 5.41) is 4.91. The molecule has 1 atom stereocenters. The molecule has 0 bridgehead atoms. The average molecular weight is 335 g/mol. The molecule has 3 nitrogen and oxygen atoms in total. The SMILES string of the molecule is CC(C)C(CCBr)NC(=O)c1ccnc2ccccc12. The summed E-state index contributed by atoms with van der Waals surface area (Å²) in [6.45, 7) is 4.25. The molecule has 1 aromatic carbocycles. The van der Waals surface area contributed by atoms with E-state index in [2.05, 4.69) is 40.1 Å². The summed E-state index contributed by atoms with van der Waals surface area (Å²) < 4.78 is 0. The Kier molecular flexibility index (Phi) is 5.12. The van der Waals surface area contributed by atoms with Gasteiger partial charge in [0.25, 0.3) is 5.91 Å². The van der Waals surface area contributed by atoms with Gasteiger partial charge < -0.3 is 5.32 Å². The summed E-state index contributed by atoms with van der Waals surface area (Å²) in [6, 6.07) is 9.67. The van der Waals surface area contributed by atoms with Gasteiger partial charge in [0.1, 0.15) is 0 Å². The second-order valence-corrected chi connectivity index (χ2v) is 5.97. The predicted octanol–water partition coefficient (Wildman–Crippen LogP) is 3.77. The number of carbonyl (C=O) groups is 1. The second-order valence-electron chi connectivity index (χ2n) is 5.18. The Morgan fingerprint density at radius 3 is 2.75 bits per heavy atom. The van der Waals surface area contributed by atoms with E-state index in [-0.39, 0.29) is 11.9 Å². The Labute approximate surface area is 127 Å². The van der Waals surface area contributed by atoms with Gasteiger partial charge in [-0.15, -0.1) is 0 Å². The van der Waals surface area contributed by atoms with Crippen LogP contribution in [0.5, 0.6) is 0 Å². The summed E-state index contributed by atoms with van der Waals surface area (Å²) in [5.74, 6) is 0.382. The first-order chi connectivity index (χ1) is 9.63. The fourth-order valence-electron chi connectivity index (χ4n) is 2.23. The molecule has 0 saturated carbocycles. The fourth-order valence-corrected chi connectivity index (χ4v) is 2.72. The first-order valence-electron chi connectivity index (χ1n) is 6.84. The van der Waals surface area contributed by atoms with Crippen molar-refractivity contribution < 1.29 is 4.79 Å². The van der Waals surface area contributed by atoms with Gasteiger partial charge in [0.2, 0.25) is 0 Å². The van der Waals surface area contributed by atoms with Crippen LogP contribution in [0, 0.1) is 5.92 Å². The molecule has 0 aliphatic heterocycles. The lowest BCUT2D eigenvalue weighted by atomic mass is 10.0. The molecule has 0 radical (unpaired) electrons. The van der Waals surface area contributed by atoms with Gasteiger partial charge in [-0.3, -0.25) is 9.78 Å². The van der Waals surface area contributed by atoms with E-state index in [1.165, 1.54) is 0 Å². The van der Waals surface area contributed by atoms with Crippen molar-refractivity contribution in [3.63, 3.8) is 0 Å². The topological polar surface area (TPSA) is 42.0 Å². The number of para-hydroxylation sites is 1. The normalized spacial score (nSPS) is 12.6. The smallest absolute Gasteiger partial charge is 0.252 e. The number of pyridine rings is 1. The van der Waals surface area contributed by atoms with Crippen molar-refractivity contribution in [2.45, 2.75) is 26.3 Å². The highest BCUT2D eigenvalue weighted by molar-refractivity contribution is 9.09. The molecule has 0 saturated heterocycles. The molecule has 0 aliphatic rings. The van der Waals surface area contributed by atoms with Crippen LogP contribution in [-0.4, -0.2) is 22.3 Å². The number of benzene rings is 1. The number of nitrogens with zero attached hydrogens (tertiary/aromatic N) is 1. The van der Waals surface area contributed by atoms with Crippen LogP contribution >= 0.6 is 15.9 Å². The van der Waals surface area contributed by atoms with Crippen LogP contribution in [0.1, 0.15) is 30.6 Å². The molecule has 106 valence electrons. The van der Waals surface area contributed by atoms with Crippen LogP contribution in [0.25, 0.3) is 10.9 Å². The third-order valence-corrected chi connectivity index (χ3v) is 3.89. The Balaban J connectivity index is 2.27. The molecule has 2 rings (SSSR count). The van der Waals surface area contributed by atoms with Gasteiger partial charge in [-0.25, -0.2) is 0 Å². The molecule has 0 aliphatic carbocycles. The molecule has 0 fully saturated rings. The van der Waals surface area contributed by atoms with Gasteiger partial charge in [-0.05, 0) is 24.5 Å². The van der Waals surface area contributed by atoms with Crippen molar-refractivity contribution >= 4 is 32.7 Å². The van der Waals surface area contributed by atoms with Crippen molar-refractivity contribution in [2.24, 2.45) is 5.92 Å². The number of carbonyl (C=O) groups excluding carboxylic acids is 1. The van der Waals surface area contributed by atoms with Crippen molar-refractivity contribution in [2.75, 3.05) is 5.33 Å². The Morgan fingerprint density at radius 1 is 1.30 bits per heavy atom. The summed E-state index contributed by atoms with van der Waals surface area (Å²) in [7, 11) is 0. The highest BCUT2D eigenvalue weighted by atomic mass is 79.9. The Morgan fingerprint density at radius 2 is 2.05 bits per heavy atom. The number of alkyl halides is 1. The minimum Gasteiger partial charge on any atom is -0.349 e. The molecule has 1 heterocycles. The van der Waals surface area contributed by atoms with E-state index in [1.807, 2.05) is 24.3 Å². The molecule has 2 aromatic rings. The van der Waals surface area contributed by atoms with Crippen LogP contribution in [-0.2, 0) is 0 Å². The number of amides is 1. The van der Waals surface area contributed by atoms with Crippen molar-refractivity contribution in [3.05, 3.63) is 42.1 Å². The summed E-state index contributed by atoms with van der Waals surface area (Å²) in [6.07, 6.45) is 2.61. The van der Waals surface area contributed by atoms with Gasteiger partial charge in [-0.2, -0.15) is 0 Å². The molecule has 1 amide bonds. The summed E-state index contributed by atoms with van der Waals surface area (Å²) in [5.41, 5.74) is 1.54. The largest absolute Gasteiger partial charge is 0.349 e. The van der Waals surface area contributed by atoms with E-state index >= 15 is 0 Å². The number of hydrogen-bond donors (Lipinski definition) is 1. The lowest BCUT2D eigenvalue weighted by Crippen LogP contribution is -2.38. The lowest BCUT2D eigenvalue weighted by Gasteiger charge is -2.21. The Hall–Kier alpha value is -1.42. The van der Waals surface area contributed by atoms with E-state index in [1.54, 1.807) is 12.3 Å². The second kappa shape index (κ2) is 6.84. The average Bonchev–Trinajstić information content (AvgIpc) is 2.46. The van der Waals surface area contributed by atoms with Gasteiger partial charge in [0, 0.05) is 23.0 Å². The summed E-state index contributed by atoms with van der Waals surface area (Å²) in [4.78, 5) is 16.8. The van der Waals surface area contributed by atoms with Gasteiger partial charge in [0.05, 0.1) is 11.1 Å². The summed E-state index contributed by atoms with van der Waals surface area (Å²) >= 11 is 3.44. The minimum atomic E-state index is -0.0248. The van der Waals surface area contributed by atoms with Crippen LogP contribution in [0.15, 0.2) is 36.5 Å². The highest BCUT2D eigenvalue weighted by Crippen LogP contribution is 2.17. The molecule has 20 heavy (non-hydrogen) atoms. The van der Waals surface area contributed by atoms with Gasteiger partial charge >= 0.3 is 0 Å². The maximum Gasteiger partial charge on any atom is 0.252 e. The van der Waals surface area contributed by atoms with Crippen molar-refractivity contribution in [1.29, 1.82) is 0 Å². The van der Waals surface area contributed by atoms with E-state index in [0.29, 0.717) is 11.5 Å². The lowest BCUT2D eigenvalue weighted by molar-refractivity contribution is 0.0926. The van der Waals surface area contributed by atoms with Crippen LogP contribution in [0.4, 0.5) is 0 Å². The van der Waals surface area contributed by atoms with Gasteiger partial charge in [0.15, 0.2) is 0 Å². The number of rotatable bonds is 5. The Bertz CT molecular complexity index is 593. The van der Waals surface area contributed by atoms with Crippen LogP contribution < -0.4 is 5.32 Å².